The molecular weight excluding hydrogens is 346 g/mol. The highest BCUT2D eigenvalue weighted by Crippen LogP contribution is 2.40. The third-order valence-electron chi connectivity index (χ3n) is 4.18. The van der Waals surface area contributed by atoms with Crippen molar-refractivity contribution in [1.82, 2.24) is 15.1 Å². The normalized spacial score (nSPS) is 14.8. The average Bonchev–Trinajstić information content (AvgIpc) is 3.34. The Kier molecular flexibility index (Phi) is 4.67. The molecule has 132 valence electrons. The first-order chi connectivity index (χ1) is 11.9. The number of amides is 1. The molecule has 1 aromatic carbocycles. The number of carboxylic acid groups (broad SMARTS) is 1. The second kappa shape index (κ2) is 6.76. The number of ether oxygens (including phenoxy) is 1. The summed E-state index contributed by atoms with van der Waals surface area (Å²) in [7, 11) is 3.25. The van der Waals surface area contributed by atoms with Crippen LogP contribution >= 0.6 is 11.6 Å². The van der Waals surface area contributed by atoms with Crippen LogP contribution in [0.1, 0.15) is 46.5 Å². The zero-order valence-electron chi connectivity index (χ0n) is 13.8. The molecule has 1 amide bonds. The summed E-state index contributed by atoms with van der Waals surface area (Å²) in [5, 5.41) is 16.4. The van der Waals surface area contributed by atoms with Crippen molar-refractivity contribution in [1.29, 1.82) is 0 Å². The van der Waals surface area contributed by atoms with Crippen LogP contribution in [0.5, 0.6) is 5.75 Å². The summed E-state index contributed by atoms with van der Waals surface area (Å²) in [6.45, 7) is 0. The number of nitrogens with one attached hydrogen (secondary N) is 1. The number of hydrogen-bond donors (Lipinski definition) is 2. The Hall–Kier alpha value is -2.54. The number of aliphatic carboxylic acids is 1. The molecule has 1 aromatic heterocycles. The van der Waals surface area contributed by atoms with E-state index < -0.39 is 17.9 Å². The first-order valence-electron chi connectivity index (χ1n) is 7.81. The zero-order chi connectivity index (χ0) is 18.1. The van der Waals surface area contributed by atoms with Crippen molar-refractivity contribution in [3.8, 4) is 5.75 Å². The lowest BCUT2D eigenvalue weighted by Crippen LogP contribution is -2.34. The Bertz CT molecular complexity index is 829. The van der Waals surface area contributed by atoms with Gasteiger partial charge in [0.25, 0.3) is 5.91 Å². The Morgan fingerprint density at radius 1 is 1.40 bits per heavy atom. The predicted octanol–water partition coefficient (Wildman–Crippen LogP) is 2.52. The highest BCUT2D eigenvalue weighted by molar-refractivity contribution is 6.32. The average molecular weight is 364 g/mol. The molecule has 8 heteroatoms. The van der Waals surface area contributed by atoms with Crippen LogP contribution < -0.4 is 10.1 Å². The maximum atomic E-state index is 12.4. The quantitative estimate of drug-likeness (QED) is 0.822. The smallest absolute Gasteiger partial charge is 0.330 e. The van der Waals surface area contributed by atoms with E-state index in [1.165, 1.54) is 13.2 Å². The third-order valence-corrected chi connectivity index (χ3v) is 4.47. The minimum atomic E-state index is -1.23. The van der Waals surface area contributed by atoms with Crippen LogP contribution in [0.25, 0.3) is 0 Å². The van der Waals surface area contributed by atoms with Gasteiger partial charge in [-0.15, -0.1) is 0 Å². The van der Waals surface area contributed by atoms with Gasteiger partial charge in [0.05, 0.1) is 12.1 Å². The fraction of sp³-hybridized carbons (Fsp3) is 0.353. The molecule has 25 heavy (non-hydrogen) atoms. The molecule has 7 nitrogen and oxygen atoms in total. The van der Waals surface area contributed by atoms with Gasteiger partial charge in [0, 0.05) is 18.7 Å². The molecule has 1 fully saturated rings. The summed E-state index contributed by atoms with van der Waals surface area (Å²) in [5.74, 6) is -0.857. The standard InChI is InChI=1S/C17H18ClN3O4/c1-21-13(9-3-4-9)8-12(20-21)16(22)19-15(17(23)24)10-5-6-14(25-2)11(18)7-10/h5-9,15H,3-4H2,1-2H3,(H,19,22)(H,23,24). The molecule has 1 atom stereocenters. The Labute approximate surface area is 149 Å². The summed E-state index contributed by atoms with van der Waals surface area (Å²) in [5.41, 5.74) is 1.55. The van der Waals surface area contributed by atoms with Gasteiger partial charge >= 0.3 is 5.97 Å². The number of carbonyl (C=O) groups excluding carboxylic acids is 1. The van der Waals surface area contributed by atoms with Crippen molar-refractivity contribution in [3.05, 3.63) is 46.2 Å². The van der Waals surface area contributed by atoms with E-state index >= 15 is 0 Å². The van der Waals surface area contributed by atoms with E-state index in [-0.39, 0.29) is 10.7 Å². The maximum Gasteiger partial charge on any atom is 0.330 e. The molecule has 0 radical (unpaired) electrons. The monoisotopic (exact) mass is 363 g/mol. The summed E-state index contributed by atoms with van der Waals surface area (Å²) in [4.78, 5) is 24.0. The van der Waals surface area contributed by atoms with Crippen LogP contribution in [-0.2, 0) is 11.8 Å². The molecule has 1 aliphatic rings. The fourth-order valence-corrected chi connectivity index (χ4v) is 2.97. The molecule has 1 unspecified atom stereocenters. The zero-order valence-corrected chi connectivity index (χ0v) is 14.6. The molecule has 1 heterocycles. The molecule has 3 rings (SSSR count). The number of carbonyl (C=O) groups is 2. The van der Waals surface area contributed by atoms with Gasteiger partial charge in [-0.3, -0.25) is 9.48 Å². The van der Waals surface area contributed by atoms with Gasteiger partial charge < -0.3 is 15.2 Å². The predicted molar refractivity (Wildman–Crippen MR) is 91.0 cm³/mol. The highest BCUT2D eigenvalue weighted by Gasteiger charge is 2.30. The summed E-state index contributed by atoms with van der Waals surface area (Å²) < 4.78 is 6.73. The first-order valence-corrected chi connectivity index (χ1v) is 8.19. The van der Waals surface area contributed by atoms with Crippen LogP contribution in [0.2, 0.25) is 5.02 Å². The van der Waals surface area contributed by atoms with Gasteiger partial charge in [0.15, 0.2) is 6.04 Å². The van der Waals surface area contributed by atoms with E-state index in [4.69, 9.17) is 16.3 Å². The SMILES string of the molecule is COc1ccc(C(NC(=O)c2cc(C3CC3)n(C)n2)C(=O)O)cc1Cl. The van der Waals surface area contributed by atoms with E-state index in [0.29, 0.717) is 17.2 Å². The Morgan fingerprint density at radius 3 is 2.68 bits per heavy atom. The number of benzene rings is 1. The van der Waals surface area contributed by atoms with Crippen LogP contribution in [0.15, 0.2) is 24.3 Å². The van der Waals surface area contributed by atoms with Gasteiger partial charge in [0.2, 0.25) is 0 Å². The highest BCUT2D eigenvalue weighted by atomic mass is 35.5. The molecule has 0 bridgehead atoms. The van der Waals surface area contributed by atoms with Crippen molar-refractivity contribution in [2.75, 3.05) is 7.11 Å². The second-order valence-electron chi connectivity index (χ2n) is 5.99. The molecular formula is C17H18ClN3O4. The lowest BCUT2D eigenvalue weighted by molar-refractivity contribution is -0.139. The number of aromatic nitrogens is 2. The lowest BCUT2D eigenvalue weighted by atomic mass is 10.1. The molecule has 0 saturated heterocycles. The Balaban J connectivity index is 1.82. The summed E-state index contributed by atoms with van der Waals surface area (Å²) >= 11 is 6.05. The Morgan fingerprint density at radius 2 is 2.12 bits per heavy atom. The van der Waals surface area contributed by atoms with Crippen molar-refractivity contribution in [3.63, 3.8) is 0 Å². The van der Waals surface area contributed by atoms with Gasteiger partial charge in [-0.25, -0.2) is 4.79 Å². The van der Waals surface area contributed by atoms with Gasteiger partial charge in [-0.05, 0) is 36.6 Å². The number of nitrogens with zero attached hydrogens (tertiary/aromatic N) is 2. The number of hydrogen-bond acceptors (Lipinski definition) is 4. The maximum absolute atomic E-state index is 12.4. The van der Waals surface area contributed by atoms with Crippen LogP contribution in [-0.4, -0.2) is 33.9 Å². The number of carboxylic acids is 1. The van der Waals surface area contributed by atoms with Crippen molar-refractivity contribution in [2.45, 2.75) is 24.8 Å². The summed E-state index contributed by atoms with van der Waals surface area (Å²) in [6, 6.07) is 5.06. The van der Waals surface area contributed by atoms with E-state index in [9.17, 15) is 14.7 Å². The number of methoxy groups -OCH3 is 1. The van der Waals surface area contributed by atoms with E-state index in [1.54, 1.807) is 29.9 Å². The van der Waals surface area contributed by atoms with Crippen LogP contribution in [0.4, 0.5) is 0 Å². The molecule has 0 aliphatic heterocycles. The number of halogens is 1. The van der Waals surface area contributed by atoms with Gasteiger partial charge in [0.1, 0.15) is 11.4 Å². The molecule has 1 saturated carbocycles. The van der Waals surface area contributed by atoms with Crippen molar-refractivity contribution >= 4 is 23.5 Å². The molecule has 1 aliphatic carbocycles. The minimum absolute atomic E-state index is 0.204. The topological polar surface area (TPSA) is 93.5 Å². The third kappa shape index (κ3) is 3.61. The van der Waals surface area contributed by atoms with Gasteiger partial charge in [-0.2, -0.15) is 5.10 Å². The van der Waals surface area contributed by atoms with E-state index in [1.807, 2.05) is 0 Å². The van der Waals surface area contributed by atoms with Crippen molar-refractivity contribution < 1.29 is 19.4 Å². The van der Waals surface area contributed by atoms with Crippen LogP contribution in [0, 0.1) is 0 Å². The first kappa shape index (κ1) is 17.3. The van der Waals surface area contributed by atoms with Crippen molar-refractivity contribution in [2.24, 2.45) is 7.05 Å². The van der Waals surface area contributed by atoms with E-state index in [0.717, 1.165) is 18.5 Å². The minimum Gasteiger partial charge on any atom is -0.495 e. The lowest BCUT2D eigenvalue weighted by Gasteiger charge is -2.15. The summed E-state index contributed by atoms with van der Waals surface area (Å²) in [6.07, 6.45) is 2.17. The number of aryl methyl sites for hydroxylation is 1. The molecule has 2 aromatic rings. The second-order valence-corrected chi connectivity index (χ2v) is 6.40. The fourth-order valence-electron chi connectivity index (χ4n) is 2.71. The van der Waals surface area contributed by atoms with Gasteiger partial charge in [-0.1, -0.05) is 17.7 Å². The van der Waals surface area contributed by atoms with Crippen LogP contribution in [0.3, 0.4) is 0 Å². The van der Waals surface area contributed by atoms with E-state index in [2.05, 4.69) is 10.4 Å². The molecule has 2 N–H and O–H groups in total. The number of rotatable bonds is 6. The largest absolute Gasteiger partial charge is 0.495 e. The molecule has 0 spiro atoms.